The molecule has 1 aliphatic rings. The van der Waals surface area contributed by atoms with Crippen molar-refractivity contribution in [2.45, 2.75) is 25.3 Å². The first-order valence-corrected chi connectivity index (χ1v) is 8.14. The molecule has 0 radical (unpaired) electrons. The summed E-state index contributed by atoms with van der Waals surface area (Å²) in [5.41, 5.74) is 0.927. The van der Waals surface area contributed by atoms with Gasteiger partial charge in [-0.3, -0.25) is 14.7 Å². The Morgan fingerprint density at radius 3 is 2.65 bits per heavy atom. The summed E-state index contributed by atoms with van der Waals surface area (Å²) in [5.74, 6) is -0.116. The van der Waals surface area contributed by atoms with Gasteiger partial charge in [0.15, 0.2) is 0 Å². The fraction of sp³-hybridized carbons (Fsp3) is 0.353. The number of thiol groups is 1. The van der Waals surface area contributed by atoms with Gasteiger partial charge in [-0.1, -0.05) is 42.5 Å². The second-order valence-corrected chi connectivity index (χ2v) is 5.70. The van der Waals surface area contributed by atoms with Crippen LogP contribution in [0.25, 0.3) is 0 Å². The van der Waals surface area contributed by atoms with Gasteiger partial charge in [0.1, 0.15) is 11.9 Å². The van der Waals surface area contributed by atoms with E-state index in [2.05, 4.69) is 17.6 Å². The van der Waals surface area contributed by atoms with Gasteiger partial charge in [-0.05, 0) is 17.7 Å². The Labute approximate surface area is 141 Å². The molecule has 0 fully saturated rings. The van der Waals surface area contributed by atoms with Crippen LogP contribution >= 0.6 is 12.6 Å². The van der Waals surface area contributed by atoms with Crippen molar-refractivity contribution >= 4 is 30.3 Å². The molecule has 122 valence electrons. The number of carbonyl (C=O) groups excluding carboxylic acids is 1. The van der Waals surface area contributed by atoms with E-state index >= 15 is 0 Å². The fourth-order valence-corrected chi connectivity index (χ4v) is 2.61. The molecule has 0 bridgehead atoms. The van der Waals surface area contributed by atoms with Gasteiger partial charge in [-0.15, -0.1) is 0 Å². The topological polar surface area (TPSA) is 70.0 Å². The zero-order valence-corrected chi connectivity index (χ0v) is 13.7. The summed E-state index contributed by atoms with van der Waals surface area (Å²) in [6.45, 7) is 0.428. The number of nitrogens with zero attached hydrogens (tertiary/aromatic N) is 2. The van der Waals surface area contributed by atoms with E-state index < -0.39 is 12.0 Å². The molecule has 6 heteroatoms. The second-order valence-electron chi connectivity index (χ2n) is 5.25. The average Bonchev–Trinajstić information content (AvgIpc) is 2.55. The molecule has 0 aromatic heterocycles. The molecule has 0 spiro atoms. The molecule has 1 N–H and O–H groups in total. The Kier molecular flexibility index (Phi) is 6.40. The van der Waals surface area contributed by atoms with Gasteiger partial charge in [0.2, 0.25) is 5.91 Å². The molecule has 2 rings (SSSR count). The third-order valence-electron chi connectivity index (χ3n) is 3.56. The van der Waals surface area contributed by atoms with Gasteiger partial charge >= 0.3 is 5.97 Å². The largest absolute Gasteiger partial charge is 0.480 e. The number of carbonyl (C=O) groups is 2. The standard InChI is InChI=1S/C17H20N2O3S/c20-16(12-13-6-2-1-3-7-13)19-10-5-4-8-15(19)18-14(9-11-23)17(21)22/h1-7,14,23H,8-12H2,(H,21,22)/t14-/m0/s1. The van der Waals surface area contributed by atoms with Crippen molar-refractivity contribution in [1.82, 2.24) is 4.90 Å². The van der Waals surface area contributed by atoms with Crippen LogP contribution in [0.1, 0.15) is 18.4 Å². The van der Waals surface area contributed by atoms with Gasteiger partial charge in [0.05, 0.1) is 6.42 Å². The van der Waals surface area contributed by atoms with Crippen LogP contribution in [0.5, 0.6) is 0 Å². The van der Waals surface area contributed by atoms with E-state index in [1.165, 1.54) is 0 Å². The third-order valence-corrected chi connectivity index (χ3v) is 3.82. The summed E-state index contributed by atoms with van der Waals surface area (Å²) in [6, 6.07) is 8.62. The molecule has 1 atom stereocenters. The Balaban J connectivity index is 2.16. The molecule has 5 nitrogen and oxygen atoms in total. The zero-order chi connectivity index (χ0) is 16.7. The van der Waals surface area contributed by atoms with Crippen LogP contribution in [0.3, 0.4) is 0 Å². The number of rotatable bonds is 6. The molecule has 0 aliphatic carbocycles. The number of carboxylic acid groups (broad SMARTS) is 1. The molecule has 0 unspecified atom stereocenters. The number of aliphatic carboxylic acids is 1. The van der Waals surface area contributed by atoms with Gasteiger partial charge in [-0.2, -0.15) is 12.6 Å². The normalized spacial score (nSPS) is 17.3. The summed E-state index contributed by atoms with van der Waals surface area (Å²) in [7, 11) is 0. The number of benzene rings is 1. The van der Waals surface area contributed by atoms with Crippen LogP contribution in [0, 0.1) is 0 Å². The average molecular weight is 332 g/mol. The molecule has 0 saturated carbocycles. The third kappa shape index (κ3) is 4.96. The Hall–Kier alpha value is -2.08. The van der Waals surface area contributed by atoms with Crippen LogP contribution < -0.4 is 0 Å². The maximum absolute atomic E-state index is 12.5. The van der Waals surface area contributed by atoms with Crippen LogP contribution in [0.2, 0.25) is 0 Å². The van der Waals surface area contributed by atoms with Gasteiger partial charge < -0.3 is 5.11 Å². The highest BCUT2D eigenvalue weighted by molar-refractivity contribution is 7.80. The van der Waals surface area contributed by atoms with Crippen molar-refractivity contribution in [3.8, 4) is 0 Å². The molecule has 1 amide bonds. The first-order chi connectivity index (χ1) is 11.1. The van der Waals surface area contributed by atoms with Crippen molar-refractivity contribution < 1.29 is 14.7 Å². The lowest BCUT2D eigenvalue weighted by molar-refractivity contribution is -0.138. The van der Waals surface area contributed by atoms with Gasteiger partial charge in [0.25, 0.3) is 0 Å². The Morgan fingerprint density at radius 2 is 2.00 bits per heavy atom. The van der Waals surface area contributed by atoms with E-state index in [1.807, 2.05) is 42.5 Å². The van der Waals surface area contributed by atoms with Crippen LogP contribution in [-0.2, 0) is 16.0 Å². The highest BCUT2D eigenvalue weighted by atomic mass is 32.1. The van der Waals surface area contributed by atoms with Gasteiger partial charge in [0, 0.05) is 13.0 Å². The summed E-state index contributed by atoms with van der Waals surface area (Å²) < 4.78 is 0. The van der Waals surface area contributed by atoms with Crippen LogP contribution in [0.15, 0.2) is 47.5 Å². The van der Waals surface area contributed by atoms with E-state index in [0.29, 0.717) is 31.0 Å². The minimum atomic E-state index is -0.989. The lowest BCUT2D eigenvalue weighted by atomic mass is 10.1. The smallest absolute Gasteiger partial charge is 0.328 e. The first-order valence-electron chi connectivity index (χ1n) is 7.51. The summed E-state index contributed by atoms with van der Waals surface area (Å²) >= 11 is 4.07. The summed E-state index contributed by atoms with van der Waals surface area (Å²) in [6.07, 6.45) is 4.89. The van der Waals surface area contributed by atoms with Crippen molar-refractivity contribution in [3.63, 3.8) is 0 Å². The zero-order valence-electron chi connectivity index (χ0n) is 12.8. The first kappa shape index (κ1) is 17.3. The molecule has 1 heterocycles. The number of carboxylic acids is 1. The molecule has 0 saturated heterocycles. The highest BCUT2D eigenvalue weighted by Crippen LogP contribution is 2.12. The fourth-order valence-electron chi connectivity index (χ4n) is 2.36. The number of amidine groups is 1. The van der Waals surface area contributed by atoms with E-state index in [1.54, 1.807) is 4.90 Å². The minimum Gasteiger partial charge on any atom is -0.480 e. The maximum Gasteiger partial charge on any atom is 0.328 e. The van der Waals surface area contributed by atoms with E-state index in [0.717, 1.165) is 5.56 Å². The summed E-state index contributed by atoms with van der Waals surface area (Å²) in [4.78, 5) is 29.7. The molecule has 1 aromatic rings. The van der Waals surface area contributed by atoms with E-state index in [4.69, 9.17) is 0 Å². The lowest BCUT2D eigenvalue weighted by Crippen LogP contribution is -2.41. The second kappa shape index (κ2) is 8.53. The predicted octanol–water partition coefficient (Wildman–Crippen LogP) is 2.19. The minimum absolute atomic E-state index is 0.0747. The van der Waals surface area contributed by atoms with E-state index in [9.17, 15) is 14.7 Å². The van der Waals surface area contributed by atoms with Crippen molar-refractivity contribution in [2.75, 3.05) is 12.3 Å². The van der Waals surface area contributed by atoms with Crippen molar-refractivity contribution in [1.29, 1.82) is 0 Å². The van der Waals surface area contributed by atoms with E-state index in [-0.39, 0.29) is 12.3 Å². The van der Waals surface area contributed by atoms with Crippen LogP contribution in [0.4, 0.5) is 0 Å². The quantitative estimate of drug-likeness (QED) is 0.620. The number of hydrogen-bond acceptors (Lipinski definition) is 4. The lowest BCUT2D eigenvalue weighted by Gasteiger charge is -2.26. The van der Waals surface area contributed by atoms with Gasteiger partial charge in [-0.25, -0.2) is 4.79 Å². The number of aliphatic imine (C=N–C) groups is 1. The number of amides is 1. The van der Waals surface area contributed by atoms with Crippen LogP contribution in [-0.4, -0.2) is 46.1 Å². The predicted molar refractivity (Wildman–Crippen MR) is 92.9 cm³/mol. The SMILES string of the molecule is O=C(O)[C@H](CCS)N=C1CC=CCN1C(=O)Cc1ccccc1. The van der Waals surface area contributed by atoms with Crippen molar-refractivity contribution in [2.24, 2.45) is 4.99 Å². The van der Waals surface area contributed by atoms with Crippen molar-refractivity contribution in [3.05, 3.63) is 48.0 Å². The summed E-state index contributed by atoms with van der Waals surface area (Å²) in [5, 5.41) is 9.23. The molecule has 1 aliphatic heterocycles. The Bertz CT molecular complexity index is 614. The Morgan fingerprint density at radius 1 is 1.26 bits per heavy atom. The maximum atomic E-state index is 12.5. The molecular weight excluding hydrogens is 312 g/mol. The molecule has 23 heavy (non-hydrogen) atoms. The monoisotopic (exact) mass is 332 g/mol. The molecule has 1 aromatic carbocycles. The molecular formula is C17H20N2O3S. The number of hydrogen-bond donors (Lipinski definition) is 2. The highest BCUT2D eigenvalue weighted by Gasteiger charge is 2.23.